The number of likely N-dealkylation sites (N-methyl/N-ethyl adjacent to an activating group) is 1. The minimum atomic E-state index is -0.856. The molecule has 1 saturated carbocycles. The van der Waals surface area contributed by atoms with Crippen LogP contribution in [0.1, 0.15) is 79.6 Å². The molecule has 1 aliphatic carbocycles. The van der Waals surface area contributed by atoms with Gasteiger partial charge >= 0.3 is 11.9 Å². The Morgan fingerprint density at radius 3 is 2.43 bits per heavy atom. The fraction of sp³-hybridized carbons (Fsp3) is 0.857. The number of esters is 1. The molecule has 2 fully saturated rings. The molecule has 0 bridgehead atoms. The second-order valence-corrected chi connectivity index (χ2v) is 8.05. The van der Waals surface area contributed by atoms with Crippen molar-refractivity contribution < 1.29 is 24.2 Å². The Morgan fingerprint density at radius 1 is 1.25 bits per heavy atom. The van der Waals surface area contributed by atoms with Gasteiger partial charge in [0.25, 0.3) is 0 Å². The molecule has 4 atom stereocenters. The third kappa shape index (κ3) is 6.19. The van der Waals surface area contributed by atoms with E-state index in [1.165, 1.54) is 6.92 Å². The summed E-state index contributed by atoms with van der Waals surface area (Å²) in [6.45, 7) is 10.8. The molecule has 2 aliphatic rings. The van der Waals surface area contributed by atoms with Crippen LogP contribution in [-0.4, -0.2) is 59.1 Å². The normalized spacial score (nSPS) is 27.2. The lowest BCUT2D eigenvalue weighted by molar-refractivity contribution is -0.149. The van der Waals surface area contributed by atoms with E-state index in [2.05, 4.69) is 19.2 Å². The molecule has 1 aliphatic heterocycles. The Bertz CT molecular complexity index is 533. The van der Waals surface area contributed by atoms with Gasteiger partial charge in [0.15, 0.2) is 0 Å². The second-order valence-electron chi connectivity index (χ2n) is 8.05. The summed E-state index contributed by atoms with van der Waals surface area (Å²) in [4.78, 5) is 35.7. The molecule has 2 N–H and O–H groups in total. The molecule has 0 unspecified atom stereocenters. The number of nitrogens with zero attached hydrogens (tertiary/aromatic N) is 1. The zero-order valence-electron chi connectivity index (χ0n) is 18.1. The minimum Gasteiger partial charge on any atom is -0.480 e. The van der Waals surface area contributed by atoms with Crippen LogP contribution in [0.15, 0.2) is 0 Å². The van der Waals surface area contributed by atoms with Crippen molar-refractivity contribution >= 4 is 17.8 Å². The molecule has 7 heteroatoms. The van der Waals surface area contributed by atoms with E-state index in [0.29, 0.717) is 13.0 Å². The molecule has 2 rings (SSSR count). The van der Waals surface area contributed by atoms with Crippen LogP contribution in [-0.2, 0) is 19.1 Å². The van der Waals surface area contributed by atoms with Crippen molar-refractivity contribution in [3.05, 3.63) is 0 Å². The van der Waals surface area contributed by atoms with Gasteiger partial charge in [-0.15, -0.1) is 0 Å². The predicted octanol–water partition coefficient (Wildman–Crippen LogP) is 2.97. The topological polar surface area (TPSA) is 95.9 Å². The fourth-order valence-electron chi connectivity index (χ4n) is 4.58. The summed E-state index contributed by atoms with van der Waals surface area (Å²) in [6.07, 6.45) is 6.74. The number of rotatable bonds is 7. The van der Waals surface area contributed by atoms with Gasteiger partial charge in [0.1, 0.15) is 12.1 Å². The van der Waals surface area contributed by atoms with Crippen molar-refractivity contribution in [3.63, 3.8) is 0 Å². The van der Waals surface area contributed by atoms with Crippen LogP contribution >= 0.6 is 0 Å². The van der Waals surface area contributed by atoms with Crippen LogP contribution in [0.5, 0.6) is 0 Å². The number of amides is 1. The first kappa shape index (κ1) is 24.4. The van der Waals surface area contributed by atoms with Crippen LogP contribution in [0.25, 0.3) is 0 Å². The van der Waals surface area contributed by atoms with Crippen LogP contribution < -0.4 is 5.32 Å². The van der Waals surface area contributed by atoms with Crippen molar-refractivity contribution in [3.8, 4) is 0 Å². The number of ether oxygens (including phenoxy) is 1. The number of hydrogen-bond donors (Lipinski definition) is 2. The van der Waals surface area contributed by atoms with Gasteiger partial charge in [0.05, 0.1) is 6.61 Å². The van der Waals surface area contributed by atoms with E-state index >= 15 is 0 Å². The lowest BCUT2D eigenvalue weighted by atomic mass is 9.71. The van der Waals surface area contributed by atoms with Gasteiger partial charge in [0, 0.05) is 13.0 Å². The molecular weight excluding hydrogens is 360 g/mol. The smallest absolute Gasteiger partial charge is 0.326 e. The summed E-state index contributed by atoms with van der Waals surface area (Å²) in [5, 5.41) is 12.3. The van der Waals surface area contributed by atoms with Crippen LogP contribution in [0.4, 0.5) is 0 Å². The highest BCUT2D eigenvalue weighted by Gasteiger charge is 2.53. The zero-order valence-corrected chi connectivity index (χ0v) is 18.1. The molecule has 7 nitrogen and oxygen atoms in total. The average molecular weight is 399 g/mol. The van der Waals surface area contributed by atoms with Gasteiger partial charge in [-0.2, -0.15) is 0 Å². The summed E-state index contributed by atoms with van der Waals surface area (Å²) in [7, 11) is 0. The molecule has 0 aromatic heterocycles. The lowest BCUT2D eigenvalue weighted by Gasteiger charge is -2.39. The minimum absolute atomic E-state index is 0.0208. The number of carboxylic acid groups (broad SMARTS) is 1. The Labute approximate surface area is 169 Å². The van der Waals surface area contributed by atoms with E-state index in [-0.39, 0.29) is 29.4 Å². The number of carbonyl (C=O) groups excluding carboxylic acids is 2. The standard InChI is InChI=1S/C12H19NO3.C9H19NO2/c1-8(14)13-9(11(15)16)7-12(2)6-4-3-5-10(12)13;1-4-7-8(10-5-2)9(11)12-6-3/h9-10H,3-7H2,1-2H3,(H,15,16);8,10H,4-7H2,1-3H3/t9-,10-,12-;8-/m00/s1. The molecule has 28 heavy (non-hydrogen) atoms. The zero-order chi connectivity index (χ0) is 21.3. The summed E-state index contributed by atoms with van der Waals surface area (Å²) >= 11 is 0. The highest BCUT2D eigenvalue weighted by molar-refractivity contribution is 5.83. The quantitative estimate of drug-likeness (QED) is 0.640. The molecule has 0 spiro atoms. The molecule has 0 aromatic carbocycles. The van der Waals surface area contributed by atoms with Gasteiger partial charge in [-0.25, -0.2) is 4.79 Å². The SMILES string of the molecule is CC(=O)N1[C@H]2CCCC[C@@]2(C)C[C@H]1C(=O)O.CCC[C@H](NCC)C(=O)OCC. The van der Waals surface area contributed by atoms with Crippen LogP contribution in [0.3, 0.4) is 0 Å². The number of nitrogens with one attached hydrogen (secondary N) is 1. The third-order valence-electron chi connectivity index (χ3n) is 5.86. The van der Waals surface area contributed by atoms with Crippen molar-refractivity contribution in [2.24, 2.45) is 5.41 Å². The van der Waals surface area contributed by atoms with E-state index in [0.717, 1.165) is 45.1 Å². The van der Waals surface area contributed by atoms with Gasteiger partial charge in [0.2, 0.25) is 5.91 Å². The largest absolute Gasteiger partial charge is 0.480 e. The molecule has 0 aromatic rings. The van der Waals surface area contributed by atoms with E-state index in [1.807, 2.05) is 13.8 Å². The maximum Gasteiger partial charge on any atom is 0.326 e. The number of likely N-dealkylation sites (tertiary alicyclic amines) is 1. The molecular formula is C21H38N2O5. The number of carbonyl (C=O) groups is 3. The first-order valence-corrected chi connectivity index (χ1v) is 10.6. The second kappa shape index (κ2) is 11.4. The highest BCUT2D eigenvalue weighted by Crippen LogP contribution is 2.49. The van der Waals surface area contributed by atoms with Crippen molar-refractivity contribution in [2.75, 3.05) is 13.2 Å². The number of hydrogen-bond acceptors (Lipinski definition) is 5. The van der Waals surface area contributed by atoms with Crippen molar-refractivity contribution in [2.45, 2.75) is 97.7 Å². The van der Waals surface area contributed by atoms with Gasteiger partial charge in [-0.3, -0.25) is 9.59 Å². The van der Waals surface area contributed by atoms with Crippen molar-refractivity contribution in [1.82, 2.24) is 10.2 Å². The Kier molecular flexibility index (Phi) is 9.93. The molecule has 162 valence electrons. The summed E-state index contributed by atoms with van der Waals surface area (Å²) in [5.41, 5.74) is 0.0208. The molecule has 0 radical (unpaired) electrons. The van der Waals surface area contributed by atoms with Gasteiger partial charge in [-0.05, 0) is 44.6 Å². The highest BCUT2D eigenvalue weighted by atomic mass is 16.5. The van der Waals surface area contributed by atoms with E-state index in [9.17, 15) is 19.5 Å². The molecule has 1 amide bonds. The molecule has 1 saturated heterocycles. The first-order chi connectivity index (χ1) is 13.2. The Morgan fingerprint density at radius 2 is 1.93 bits per heavy atom. The predicted molar refractivity (Wildman–Crippen MR) is 108 cm³/mol. The number of aliphatic carboxylic acids is 1. The van der Waals surface area contributed by atoms with E-state index in [4.69, 9.17) is 4.74 Å². The van der Waals surface area contributed by atoms with Gasteiger partial charge in [-0.1, -0.05) is 40.0 Å². The van der Waals surface area contributed by atoms with E-state index in [1.54, 1.807) is 4.90 Å². The summed E-state index contributed by atoms with van der Waals surface area (Å²) in [5.74, 6) is -1.07. The van der Waals surface area contributed by atoms with E-state index < -0.39 is 12.0 Å². The lowest BCUT2D eigenvalue weighted by Crippen LogP contribution is -2.46. The fourth-order valence-corrected chi connectivity index (χ4v) is 4.58. The maximum atomic E-state index is 11.6. The van der Waals surface area contributed by atoms with Crippen LogP contribution in [0.2, 0.25) is 0 Å². The number of fused-ring (bicyclic) bond motifs is 1. The summed E-state index contributed by atoms with van der Waals surface area (Å²) < 4.78 is 4.91. The summed E-state index contributed by atoms with van der Waals surface area (Å²) in [6, 6.07) is -0.578. The van der Waals surface area contributed by atoms with Gasteiger partial charge < -0.3 is 20.1 Å². The van der Waals surface area contributed by atoms with Crippen LogP contribution in [0, 0.1) is 5.41 Å². The monoisotopic (exact) mass is 398 g/mol. The first-order valence-electron chi connectivity index (χ1n) is 10.6. The maximum absolute atomic E-state index is 11.6. The number of carboxylic acids is 1. The third-order valence-corrected chi connectivity index (χ3v) is 5.86. The van der Waals surface area contributed by atoms with Crippen molar-refractivity contribution in [1.29, 1.82) is 0 Å². The Balaban J connectivity index is 0.000000295. The molecule has 1 heterocycles. The average Bonchev–Trinajstić information content (AvgIpc) is 2.96. The Hall–Kier alpha value is -1.63.